The van der Waals surface area contributed by atoms with Crippen LogP contribution in [0.4, 0.5) is 0 Å². The van der Waals surface area contributed by atoms with Gasteiger partial charge in [-0.05, 0) is 31.9 Å². The Labute approximate surface area is 161 Å². The van der Waals surface area contributed by atoms with Crippen LogP contribution in [-0.2, 0) is 9.47 Å². The second-order valence-electron chi connectivity index (χ2n) is 7.00. The summed E-state index contributed by atoms with van der Waals surface area (Å²) in [6.45, 7) is 0. The molecule has 0 aliphatic heterocycles. The molecule has 0 spiro atoms. The van der Waals surface area contributed by atoms with Crippen molar-refractivity contribution in [3.8, 4) is 0 Å². The third-order valence-corrected chi connectivity index (χ3v) is 9.89. The number of rotatable bonds is 6. The normalized spacial score (nSPS) is 11.9. The Kier molecular flexibility index (Phi) is 5.08. The van der Waals surface area contributed by atoms with Crippen molar-refractivity contribution in [1.29, 1.82) is 0 Å². The van der Waals surface area contributed by atoms with E-state index < -0.39 is 8.07 Å². The van der Waals surface area contributed by atoms with Gasteiger partial charge in [0, 0.05) is 14.2 Å². The lowest BCUT2D eigenvalue weighted by Gasteiger charge is -2.33. The summed E-state index contributed by atoms with van der Waals surface area (Å²) in [5.41, 5.74) is 0. The fourth-order valence-corrected chi connectivity index (χ4v) is 8.57. The van der Waals surface area contributed by atoms with Gasteiger partial charge in [-0.1, -0.05) is 84.9 Å². The van der Waals surface area contributed by atoms with E-state index in [2.05, 4.69) is 84.9 Å². The Balaban J connectivity index is 2.09. The fraction of sp³-hybridized carbons (Fsp3) is 0.167. The smallest absolute Gasteiger partial charge is 0.172 e. The molecule has 0 aromatic heterocycles. The summed E-state index contributed by atoms with van der Waals surface area (Å²) in [5, 5.41) is 7.88. The predicted molar refractivity (Wildman–Crippen MR) is 117 cm³/mol. The molecule has 0 radical (unpaired) electrons. The number of hydrogen-bond donors (Lipinski definition) is 0. The largest absolute Gasteiger partial charge is 0.387 e. The van der Waals surface area contributed by atoms with Crippen LogP contribution in [0.5, 0.6) is 0 Å². The molecule has 27 heavy (non-hydrogen) atoms. The number of ether oxygens (including phenoxy) is 2. The Morgan fingerprint density at radius 1 is 0.556 bits per heavy atom. The second-order valence-corrected chi connectivity index (χ2v) is 10.8. The first kappa shape index (κ1) is 17.9. The molecule has 136 valence electrons. The third-order valence-electron chi connectivity index (χ3n) is 5.39. The van der Waals surface area contributed by atoms with Crippen LogP contribution in [0.1, 0.15) is 0 Å². The van der Waals surface area contributed by atoms with Crippen LogP contribution < -0.4 is 10.4 Å². The molecule has 0 amide bonds. The molecule has 2 nitrogen and oxygen atoms in total. The van der Waals surface area contributed by atoms with Gasteiger partial charge in [-0.2, -0.15) is 0 Å². The van der Waals surface area contributed by atoms with E-state index >= 15 is 0 Å². The number of benzene rings is 4. The molecule has 0 aliphatic carbocycles. The van der Waals surface area contributed by atoms with Crippen molar-refractivity contribution in [3.63, 3.8) is 0 Å². The van der Waals surface area contributed by atoms with Crippen molar-refractivity contribution in [3.05, 3.63) is 84.9 Å². The Hall–Kier alpha value is -2.46. The van der Waals surface area contributed by atoms with Gasteiger partial charge in [0.15, 0.2) is 8.07 Å². The highest BCUT2D eigenvalue weighted by Crippen LogP contribution is 2.21. The lowest BCUT2D eigenvalue weighted by molar-refractivity contribution is 0.221. The van der Waals surface area contributed by atoms with Gasteiger partial charge in [0.25, 0.3) is 0 Å². The van der Waals surface area contributed by atoms with Crippen LogP contribution in [0.3, 0.4) is 0 Å². The van der Waals surface area contributed by atoms with Gasteiger partial charge < -0.3 is 9.47 Å². The summed E-state index contributed by atoms with van der Waals surface area (Å²) in [4.78, 5) is 0. The van der Waals surface area contributed by atoms with E-state index in [1.807, 2.05) is 0 Å². The average molecular weight is 373 g/mol. The molecule has 0 unspecified atom stereocenters. The summed E-state index contributed by atoms with van der Waals surface area (Å²) in [6, 6.07) is 30.5. The second kappa shape index (κ2) is 7.65. The van der Waals surface area contributed by atoms with Crippen molar-refractivity contribution in [2.24, 2.45) is 0 Å². The van der Waals surface area contributed by atoms with Crippen LogP contribution in [-0.4, -0.2) is 34.8 Å². The monoisotopic (exact) mass is 372 g/mol. The van der Waals surface area contributed by atoms with Crippen molar-refractivity contribution in [1.82, 2.24) is 0 Å². The van der Waals surface area contributed by atoms with Gasteiger partial charge in [0.2, 0.25) is 0 Å². The molecule has 0 heterocycles. The molecule has 0 fully saturated rings. The van der Waals surface area contributed by atoms with E-state index in [1.54, 1.807) is 14.2 Å². The van der Waals surface area contributed by atoms with Crippen molar-refractivity contribution in [2.75, 3.05) is 26.7 Å². The quantitative estimate of drug-likeness (QED) is 0.478. The first-order valence-corrected chi connectivity index (χ1v) is 11.7. The topological polar surface area (TPSA) is 18.5 Å². The van der Waals surface area contributed by atoms with E-state index in [1.165, 1.54) is 31.9 Å². The van der Waals surface area contributed by atoms with Gasteiger partial charge in [-0.15, -0.1) is 0 Å². The van der Waals surface area contributed by atoms with E-state index in [0.717, 1.165) is 0 Å². The zero-order valence-electron chi connectivity index (χ0n) is 15.8. The van der Waals surface area contributed by atoms with Crippen molar-refractivity contribution in [2.45, 2.75) is 0 Å². The lowest BCUT2D eigenvalue weighted by atomic mass is 10.1. The third kappa shape index (κ3) is 3.08. The molecule has 0 atom stereocenters. The zero-order chi connectivity index (χ0) is 18.7. The maximum absolute atomic E-state index is 5.85. The Morgan fingerprint density at radius 2 is 0.963 bits per heavy atom. The molecule has 0 saturated heterocycles. The molecule has 4 rings (SSSR count). The fourth-order valence-electron chi connectivity index (χ4n) is 4.28. The molecular formula is C24H24O2Si. The van der Waals surface area contributed by atoms with E-state index in [0.29, 0.717) is 12.5 Å². The highest BCUT2D eigenvalue weighted by atomic mass is 28.3. The van der Waals surface area contributed by atoms with Gasteiger partial charge >= 0.3 is 0 Å². The standard InChI is InChI=1S/C24H24O2Si/c1-25-17-27(18-26-2,23-15-7-11-19-9-3-5-13-21(19)23)24-16-8-12-20-10-4-6-14-22(20)24/h3-16H,17-18H2,1-2H3. The van der Waals surface area contributed by atoms with Crippen LogP contribution in [0.2, 0.25) is 0 Å². The maximum atomic E-state index is 5.85. The molecule has 0 bridgehead atoms. The van der Waals surface area contributed by atoms with Crippen molar-refractivity contribution >= 4 is 40.0 Å². The van der Waals surface area contributed by atoms with Gasteiger partial charge in [-0.3, -0.25) is 0 Å². The van der Waals surface area contributed by atoms with Crippen LogP contribution >= 0.6 is 0 Å². The molecule has 0 saturated carbocycles. The minimum absolute atomic E-state index is 0.683. The van der Waals surface area contributed by atoms with E-state index in [4.69, 9.17) is 9.47 Å². The Morgan fingerprint density at radius 3 is 1.41 bits per heavy atom. The predicted octanol–water partition coefficient (Wildman–Crippen LogP) is 3.93. The van der Waals surface area contributed by atoms with E-state index in [9.17, 15) is 0 Å². The van der Waals surface area contributed by atoms with Crippen molar-refractivity contribution < 1.29 is 9.47 Å². The average Bonchev–Trinajstić information content (AvgIpc) is 2.73. The summed E-state index contributed by atoms with van der Waals surface area (Å²) in [6.07, 6.45) is 1.37. The van der Waals surface area contributed by atoms with Gasteiger partial charge in [0.05, 0.1) is 12.5 Å². The SMILES string of the molecule is COC[Si](COC)(c1cccc2ccccc12)c1cccc2ccccc12. The van der Waals surface area contributed by atoms with Crippen LogP contribution in [0.15, 0.2) is 84.9 Å². The lowest BCUT2D eigenvalue weighted by Crippen LogP contribution is -2.66. The number of methoxy groups -OCH3 is 2. The Bertz CT molecular complexity index is 976. The van der Waals surface area contributed by atoms with Gasteiger partial charge in [0.1, 0.15) is 0 Å². The minimum atomic E-state index is -2.32. The van der Waals surface area contributed by atoms with Gasteiger partial charge in [-0.25, -0.2) is 0 Å². The molecule has 4 aromatic carbocycles. The number of hydrogen-bond acceptors (Lipinski definition) is 2. The molecule has 3 heteroatoms. The summed E-state index contributed by atoms with van der Waals surface area (Å²) >= 11 is 0. The molecule has 0 N–H and O–H groups in total. The summed E-state index contributed by atoms with van der Waals surface area (Å²) in [7, 11) is 1.28. The van der Waals surface area contributed by atoms with Crippen LogP contribution in [0.25, 0.3) is 21.5 Å². The minimum Gasteiger partial charge on any atom is -0.387 e. The molecular weight excluding hydrogens is 348 g/mol. The van der Waals surface area contributed by atoms with Crippen LogP contribution in [0, 0.1) is 0 Å². The summed E-state index contributed by atoms with van der Waals surface area (Å²) < 4.78 is 11.7. The number of fused-ring (bicyclic) bond motifs is 2. The van der Waals surface area contributed by atoms with E-state index in [-0.39, 0.29) is 0 Å². The highest BCUT2D eigenvalue weighted by Gasteiger charge is 2.40. The molecule has 4 aromatic rings. The summed E-state index contributed by atoms with van der Waals surface area (Å²) in [5.74, 6) is 0. The highest BCUT2D eigenvalue weighted by molar-refractivity contribution is 7.04. The first-order valence-electron chi connectivity index (χ1n) is 9.24. The molecule has 0 aliphatic rings. The first-order chi connectivity index (χ1) is 13.3. The zero-order valence-corrected chi connectivity index (χ0v) is 16.8. The maximum Gasteiger partial charge on any atom is 0.172 e.